The summed E-state index contributed by atoms with van der Waals surface area (Å²) in [4.78, 5) is 20.5. The quantitative estimate of drug-likeness (QED) is 0.580. The number of amides is 1. The molecule has 160 valence electrons. The summed E-state index contributed by atoms with van der Waals surface area (Å²) in [7, 11) is 0. The number of imidazole rings is 1. The number of hydrogen-bond acceptors (Lipinski definition) is 5. The maximum atomic E-state index is 12.8. The van der Waals surface area contributed by atoms with Gasteiger partial charge in [0.2, 0.25) is 0 Å². The Morgan fingerprint density at radius 2 is 2.03 bits per heavy atom. The van der Waals surface area contributed by atoms with E-state index in [0.29, 0.717) is 0 Å². The van der Waals surface area contributed by atoms with E-state index in [-0.39, 0.29) is 36.8 Å². The van der Waals surface area contributed by atoms with Crippen molar-refractivity contribution in [3.8, 4) is 0 Å². The standard InChI is InChI=1S/C21H22N4OS2.2ClH/c26-21(18-12-17-13-22-19-2-1-3-20(28-18)25(17)19)23-16-5-9-24(10-6-16)8-4-15-7-11-27-14-15;;/h1-3,7,11-14,16H,4-6,8-10H2,(H,23,26);2*1H. The second-order valence-electron chi connectivity index (χ2n) is 7.32. The number of carbonyl (C=O) groups is 1. The van der Waals surface area contributed by atoms with Crippen molar-refractivity contribution in [2.75, 3.05) is 19.6 Å². The lowest BCUT2D eigenvalue weighted by atomic mass is 10.0. The van der Waals surface area contributed by atoms with E-state index >= 15 is 0 Å². The SMILES string of the molecule is Cl.Cl.O=C(NC1CCN(CCc2ccsc2)CC1)C1=Cc2cnc3cccc(n23)S1. The summed E-state index contributed by atoms with van der Waals surface area (Å²) in [6.07, 6.45) is 6.92. The molecule has 0 atom stereocenters. The van der Waals surface area contributed by atoms with E-state index in [2.05, 4.69) is 36.4 Å². The molecule has 0 unspecified atom stereocenters. The lowest BCUT2D eigenvalue weighted by Crippen LogP contribution is -2.45. The topological polar surface area (TPSA) is 49.6 Å². The summed E-state index contributed by atoms with van der Waals surface area (Å²) in [5.74, 6) is 0.0335. The number of thioether (sulfide) groups is 1. The molecule has 3 aromatic rings. The highest BCUT2D eigenvalue weighted by Crippen LogP contribution is 2.34. The Hall–Kier alpha value is -1.51. The molecule has 0 saturated carbocycles. The van der Waals surface area contributed by atoms with Gasteiger partial charge >= 0.3 is 0 Å². The minimum Gasteiger partial charge on any atom is -0.349 e. The number of nitrogens with one attached hydrogen (secondary N) is 1. The number of aromatic nitrogens is 2. The summed E-state index contributed by atoms with van der Waals surface area (Å²) in [6.45, 7) is 3.20. The van der Waals surface area contributed by atoms with E-state index in [1.54, 1.807) is 11.3 Å². The van der Waals surface area contributed by atoms with Crippen LogP contribution in [0.3, 0.4) is 0 Å². The van der Waals surface area contributed by atoms with Crippen molar-refractivity contribution in [2.45, 2.75) is 30.3 Å². The van der Waals surface area contributed by atoms with Gasteiger partial charge in [-0.05, 0) is 59.9 Å². The van der Waals surface area contributed by atoms with Crippen LogP contribution >= 0.6 is 47.9 Å². The van der Waals surface area contributed by atoms with Crippen LogP contribution < -0.4 is 5.32 Å². The first-order valence-corrected chi connectivity index (χ1v) is 11.4. The summed E-state index contributed by atoms with van der Waals surface area (Å²) in [5.41, 5.74) is 3.32. The third kappa shape index (κ3) is 4.86. The molecule has 0 aromatic carbocycles. The summed E-state index contributed by atoms with van der Waals surface area (Å²) in [5, 5.41) is 8.67. The number of hydrogen-bond donors (Lipinski definition) is 1. The Balaban J connectivity index is 0.00000128. The number of halogens is 2. The van der Waals surface area contributed by atoms with Gasteiger partial charge in [-0.2, -0.15) is 11.3 Å². The summed E-state index contributed by atoms with van der Waals surface area (Å²) < 4.78 is 2.09. The molecular weight excluding hydrogens is 459 g/mol. The van der Waals surface area contributed by atoms with Gasteiger partial charge in [-0.15, -0.1) is 24.8 Å². The van der Waals surface area contributed by atoms with Crippen LogP contribution in [0.25, 0.3) is 11.7 Å². The second-order valence-corrected chi connectivity index (χ2v) is 9.16. The molecule has 9 heteroatoms. The molecule has 1 amide bonds. The van der Waals surface area contributed by atoms with Gasteiger partial charge in [-0.3, -0.25) is 9.20 Å². The van der Waals surface area contributed by atoms with Gasteiger partial charge in [-0.1, -0.05) is 17.8 Å². The van der Waals surface area contributed by atoms with Crippen LogP contribution in [0.15, 0.2) is 51.2 Å². The third-order valence-corrected chi connectivity index (χ3v) is 7.24. The van der Waals surface area contributed by atoms with Gasteiger partial charge in [-0.25, -0.2) is 4.98 Å². The van der Waals surface area contributed by atoms with Crippen LogP contribution in [-0.4, -0.2) is 45.9 Å². The minimum atomic E-state index is 0. The third-order valence-electron chi connectivity index (χ3n) is 5.46. The predicted octanol–water partition coefficient (Wildman–Crippen LogP) is 4.51. The van der Waals surface area contributed by atoms with E-state index in [4.69, 9.17) is 0 Å². The highest BCUT2D eigenvalue weighted by atomic mass is 35.5. The van der Waals surface area contributed by atoms with E-state index in [1.807, 2.05) is 30.5 Å². The van der Waals surface area contributed by atoms with Crippen LogP contribution in [0, 0.1) is 0 Å². The molecule has 1 N–H and O–H groups in total. The fourth-order valence-electron chi connectivity index (χ4n) is 3.88. The molecule has 0 bridgehead atoms. The number of likely N-dealkylation sites (tertiary alicyclic amines) is 1. The van der Waals surface area contributed by atoms with Crippen molar-refractivity contribution in [2.24, 2.45) is 0 Å². The number of nitrogens with zero attached hydrogens (tertiary/aromatic N) is 3. The Morgan fingerprint density at radius 3 is 2.80 bits per heavy atom. The lowest BCUT2D eigenvalue weighted by molar-refractivity contribution is -0.117. The second kappa shape index (κ2) is 10.2. The fourth-order valence-corrected chi connectivity index (χ4v) is 5.57. The fraction of sp³-hybridized carbons (Fsp3) is 0.333. The van der Waals surface area contributed by atoms with Crippen molar-refractivity contribution < 1.29 is 4.79 Å². The highest BCUT2D eigenvalue weighted by molar-refractivity contribution is 8.04. The molecule has 5 nitrogen and oxygen atoms in total. The monoisotopic (exact) mass is 482 g/mol. The first-order valence-electron chi connectivity index (χ1n) is 9.66. The van der Waals surface area contributed by atoms with Crippen molar-refractivity contribution in [1.29, 1.82) is 0 Å². The Labute approximate surface area is 196 Å². The van der Waals surface area contributed by atoms with E-state index in [9.17, 15) is 4.79 Å². The Kier molecular flexibility index (Phi) is 7.87. The normalized spacial score (nSPS) is 16.5. The molecule has 5 rings (SSSR count). The molecular formula is C21H24Cl2N4OS2. The largest absolute Gasteiger partial charge is 0.349 e. The number of thiophene rings is 1. The maximum Gasteiger partial charge on any atom is 0.258 e. The Morgan fingerprint density at radius 1 is 1.20 bits per heavy atom. The van der Waals surface area contributed by atoms with Crippen LogP contribution in [-0.2, 0) is 11.2 Å². The molecule has 0 aliphatic carbocycles. The molecule has 2 aliphatic heterocycles. The number of pyridine rings is 1. The number of rotatable bonds is 5. The molecule has 1 saturated heterocycles. The van der Waals surface area contributed by atoms with Crippen LogP contribution in [0.1, 0.15) is 24.1 Å². The van der Waals surface area contributed by atoms with Gasteiger partial charge in [0.15, 0.2) is 0 Å². The van der Waals surface area contributed by atoms with E-state index in [0.717, 1.165) is 60.2 Å². The molecule has 3 aromatic heterocycles. The number of carbonyl (C=O) groups excluding carboxylic acids is 1. The van der Waals surface area contributed by atoms with Crippen LogP contribution in [0.4, 0.5) is 0 Å². The zero-order chi connectivity index (χ0) is 18.9. The van der Waals surface area contributed by atoms with Crippen molar-refractivity contribution >= 4 is 65.5 Å². The van der Waals surface area contributed by atoms with Gasteiger partial charge < -0.3 is 10.2 Å². The van der Waals surface area contributed by atoms with Gasteiger partial charge in [0.25, 0.3) is 5.91 Å². The summed E-state index contributed by atoms with van der Waals surface area (Å²) >= 11 is 3.28. The van der Waals surface area contributed by atoms with Gasteiger partial charge in [0, 0.05) is 25.7 Å². The zero-order valence-electron chi connectivity index (χ0n) is 16.3. The smallest absolute Gasteiger partial charge is 0.258 e. The van der Waals surface area contributed by atoms with Crippen molar-refractivity contribution in [3.63, 3.8) is 0 Å². The molecule has 0 radical (unpaired) electrons. The van der Waals surface area contributed by atoms with Crippen molar-refractivity contribution in [1.82, 2.24) is 19.6 Å². The van der Waals surface area contributed by atoms with E-state index in [1.165, 1.54) is 17.3 Å². The molecule has 1 fully saturated rings. The first-order chi connectivity index (χ1) is 13.8. The first kappa shape index (κ1) is 23.2. The maximum absolute atomic E-state index is 12.8. The van der Waals surface area contributed by atoms with Gasteiger partial charge in [0.1, 0.15) is 5.65 Å². The highest BCUT2D eigenvalue weighted by Gasteiger charge is 2.24. The minimum absolute atomic E-state index is 0. The van der Waals surface area contributed by atoms with Crippen LogP contribution in [0.5, 0.6) is 0 Å². The molecule has 30 heavy (non-hydrogen) atoms. The summed E-state index contributed by atoms with van der Waals surface area (Å²) in [6, 6.07) is 8.48. The lowest BCUT2D eigenvalue weighted by Gasteiger charge is -2.32. The average molecular weight is 483 g/mol. The number of piperidine rings is 1. The molecule has 0 spiro atoms. The predicted molar refractivity (Wildman–Crippen MR) is 129 cm³/mol. The van der Waals surface area contributed by atoms with Gasteiger partial charge in [0.05, 0.1) is 21.8 Å². The van der Waals surface area contributed by atoms with Crippen LogP contribution in [0.2, 0.25) is 0 Å². The Bertz CT molecular complexity index is 1030. The molecule has 2 aliphatic rings. The van der Waals surface area contributed by atoms with E-state index < -0.39 is 0 Å². The van der Waals surface area contributed by atoms with Crippen molar-refractivity contribution in [3.05, 3.63) is 57.4 Å². The molecule has 5 heterocycles. The zero-order valence-corrected chi connectivity index (χ0v) is 19.6. The average Bonchev–Trinajstić information content (AvgIpc) is 3.39.